The van der Waals surface area contributed by atoms with Crippen LogP contribution >= 0.6 is 0 Å². The number of hydrogen-bond donors (Lipinski definition) is 1. The van der Waals surface area contributed by atoms with E-state index in [9.17, 15) is 4.79 Å². The summed E-state index contributed by atoms with van der Waals surface area (Å²) < 4.78 is 11.9. The van der Waals surface area contributed by atoms with Crippen LogP contribution in [0.25, 0.3) is 0 Å². The van der Waals surface area contributed by atoms with Gasteiger partial charge in [-0.1, -0.05) is 19.9 Å². The van der Waals surface area contributed by atoms with Gasteiger partial charge in [0, 0.05) is 25.1 Å². The minimum absolute atomic E-state index is 0.0359. The summed E-state index contributed by atoms with van der Waals surface area (Å²) in [6.45, 7) is 9.98. The van der Waals surface area contributed by atoms with Gasteiger partial charge in [0.2, 0.25) is 0 Å². The molecule has 1 fully saturated rings. The van der Waals surface area contributed by atoms with Gasteiger partial charge in [-0.25, -0.2) is 4.79 Å². The summed E-state index contributed by atoms with van der Waals surface area (Å²) in [7, 11) is -0.334. The average molecular weight is 267 g/mol. The molecule has 0 unspecified atom stereocenters. The summed E-state index contributed by atoms with van der Waals surface area (Å²) in [4.78, 5) is 12.2. The highest BCUT2D eigenvalue weighted by atomic mass is 16.6. The molecule has 0 bridgehead atoms. The molecule has 2 aliphatic heterocycles. The van der Waals surface area contributed by atoms with Crippen molar-refractivity contribution in [2.45, 2.75) is 39.7 Å². The molecule has 2 rings (SSSR count). The molecular formula is C13H22BNO4. The fraction of sp³-hybridized carbons (Fsp3) is 0.769. The first kappa shape index (κ1) is 14.4. The Morgan fingerprint density at radius 2 is 2.11 bits per heavy atom. The zero-order chi connectivity index (χ0) is 14.3. The Kier molecular flexibility index (Phi) is 3.66. The van der Waals surface area contributed by atoms with Gasteiger partial charge in [0.15, 0.2) is 0 Å². The summed E-state index contributed by atoms with van der Waals surface area (Å²) >= 11 is 0. The van der Waals surface area contributed by atoms with Crippen molar-refractivity contribution in [2.24, 2.45) is 5.41 Å². The van der Waals surface area contributed by atoms with Crippen molar-refractivity contribution in [3.63, 3.8) is 0 Å². The normalized spacial score (nSPS) is 26.0. The second-order valence-corrected chi connectivity index (χ2v) is 6.41. The van der Waals surface area contributed by atoms with Crippen LogP contribution < -0.4 is 0 Å². The molecule has 1 N–H and O–H groups in total. The molecule has 106 valence electrons. The highest BCUT2D eigenvalue weighted by molar-refractivity contribution is 6.54. The average Bonchev–Trinajstić information content (AvgIpc) is 2.33. The van der Waals surface area contributed by atoms with E-state index in [0.29, 0.717) is 26.1 Å². The molecule has 0 radical (unpaired) electrons. The minimum Gasteiger partial charge on any atom is -0.465 e. The number of rotatable bonds is 1. The lowest BCUT2D eigenvalue weighted by molar-refractivity contribution is -0.0955. The highest BCUT2D eigenvalue weighted by Crippen LogP contribution is 2.39. The van der Waals surface area contributed by atoms with E-state index in [0.717, 1.165) is 5.47 Å². The zero-order valence-corrected chi connectivity index (χ0v) is 12.1. The van der Waals surface area contributed by atoms with Crippen molar-refractivity contribution in [2.75, 3.05) is 19.7 Å². The minimum atomic E-state index is -0.873. The largest absolute Gasteiger partial charge is 0.489 e. The summed E-state index contributed by atoms with van der Waals surface area (Å²) in [5.41, 5.74) is 0.757. The predicted molar refractivity (Wildman–Crippen MR) is 72.9 cm³/mol. The second-order valence-electron chi connectivity index (χ2n) is 6.41. The van der Waals surface area contributed by atoms with Crippen LogP contribution in [0.4, 0.5) is 4.79 Å². The number of carbonyl (C=O) groups is 1. The maximum atomic E-state index is 10.9. The number of amides is 1. The van der Waals surface area contributed by atoms with E-state index in [-0.39, 0.29) is 18.1 Å². The topological polar surface area (TPSA) is 59.0 Å². The van der Waals surface area contributed by atoms with Crippen LogP contribution in [0.2, 0.25) is 0 Å². The molecule has 6 heteroatoms. The van der Waals surface area contributed by atoms with E-state index in [1.165, 1.54) is 4.90 Å². The Bertz CT molecular complexity index is 405. The van der Waals surface area contributed by atoms with Crippen LogP contribution in [0.3, 0.4) is 0 Å². The molecule has 19 heavy (non-hydrogen) atoms. The standard InChI is InChI=1S/C13H22BNO4/c1-12(2)9-18-14(19-13(12,3)4)10-5-7-15(8-6-10)11(16)17/h5H,6-9H2,1-4H3,(H,16,17). The first-order valence-corrected chi connectivity index (χ1v) is 6.69. The van der Waals surface area contributed by atoms with Gasteiger partial charge in [0.05, 0.1) is 5.60 Å². The molecule has 0 aromatic heterocycles. The third-order valence-corrected chi connectivity index (χ3v) is 4.44. The van der Waals surface area contributed by atoms with E-state index in [2.05, 4.69) is 27.7 Å². The van der Waals surface area contributed by atoms with Gasteiger partial charge < -0.3 is 19.3 Å². The third-order valence-electron chi connectivity index (χ3n) is 4.44. The van der Waals surface area contributed by atoms with Crippen molar-refractivity contribution >= 4 is 13.2 Å². The molecule has 5 nitrogen and oxygen atoms in total. The smallest absolute Gasteiger partial charge is 0.465 e. The van der Waals surface area contributed by atoms with Crippen LogP contribution in [0, 0.1) is 5.41 Å². The van der Waals surface area contributed by atoms with Gasteiger partial charge in [0.1, 0.15) is 0 Å². The number of hydrogen-bond acceptors (Lipinski definition) is 3. The first-order chi connectivity index (χ1) is 8.73. The third kappa shape index (κ3) is 2.79. The molecule has 0 aliphatic carbocycles. The van der Waals surface area contributed by atoms with Crippen LogP contribution in [0.5, 0.6) is 0 Å². The Balaban J connectivity index is 2.03. The molecule has 1 saturated heterocycles. The summed E-state index contributed by atoms with van der Waals surface area (Å²) in [6.07, 6.45) is 1.71. The highest BCUT2D eigenvalue weighted by Gasteiger charge is 2.47. The van der Waals surface area contributed by atoms with Gasteiger partial charge in [-0.3, -0.25) is 0 Å². The summed E-state index contributed by atoms with van der Waals surface area (Å²) in [6, 6.07) is 0. The Labute approximate surface area is 114 Å². The van der Waals surface area contributed by atoms with E-state index in [1.807, 2.05) is 6.08 Å². The van der Waals surface area contributed by atoms with Crippen LogP contribution in [0.1, 0.15) is 34.1 Å². The van der Waals surface area contributed by atoms with Gasteiger partial charge >= 0.3 is 13.2 Å². The molecule has 2 heterocycles. The van der Waals surface area contributed by atoms with Crippen molar-refractivity contribution in [3.8, 4) is 0 Å². The lowest BCUT2D eigenvalue weighted by Gasteiger charge is -2.48. The summed E-state index contributed by atoms with van der Waals surface area (Å²) in [5, 5.41) is 8.92. The van der Waals surface area contributed by atoms with Crippen molar-refractivity contribution in [1.82, 2.24) is 4.90 Å². The number of carboxylic acid groups (broad SMARTS) is 1. The molecule has 2 aliphatic rings. The van der Waals surface area contributed by atoms with E-state index in [1.54, 1.807) is 0 Å². The lowest BCUT2D eigenvalue weighted by atomic mass is 9.67. The van der Waals surface area contributed by atoms with Gasteiger partial charge in [-0.2, -0.15) is 0 Å². The molecule has 0 atom stereocenters. The molecular weight excluding hydrogens is 245 g/mol. The quantitative estimate of drug-likeness (QED) is 0.740. The van der Waals surface area contributed by atoms with E-state index in [4.69, 9.17) is 14.4 Å². The fourth-order valence-corrected chi connectivity index (χ4v) is 2.17. The van der Waals surface area contributed by atoms with Crippen LogP contribution in [-0.2, 0) is 9.31 Å². The SMILES string of the molecule is CC1(C)COB(C2=CCN(C(=O)O)CC2)OC1(C)C. The molecule has 0 saturated carbocycles. The van der Waals surface area contributed by atoms with Gasteiger partial charge in [0.25, 0.3) is 0 Å². The van der Waals surface area contributed by atoms with Gasteiger partial charge in [-0.05, 0) is 25.7 Å². The molecule has 0 aromatic rings. The Hall–Kier alpha value is -1.01. The van der Waals surface area contributed by atoms with E-state index >= 15 is 0 Å². The van der Waals surface area contributed by atoms with Crippen molar-refractivity contribution in [3.05, 3.63) is 11.5 Å². The predicted octanol–water partition coefficient (Wildman–Crippen LogP) is 2.18. The Morgan fingerprint density at radius 3 is 2.58 bits per heavy atom. The van der Waals surface area contributed by atoms with Crippen molar-refractivity contribution < 1.29 is 19.2 Å². The van der Waals surface area contributed by atoms with E-state index < -0.39 is 6.09 Å². The zero-order valence-electron chi connectivity index (χ0n) is 12.1. The first-order valence-electron chi connectivity index (χ1n) is 6.69. The fourth-order valence-electron chi connectivity index (χ4n) is 2.17. The monoisotopic (exact) mass is 267 g/mol. The van der Waals surface area contributed by atoms with Crippen LogP contribution in [-0.4, -0.2) is 48.5 Å². The lowest BCUT2D eigenvalue weighted by Crippen LogP contribution is -2.55. The molecule has 0 spiro atoms. The maximum Gasteiger partial charge on any atom is 0.489 e. The summed E-state index contributed by atoms with van der Waals surface area (Å²) in [5.74, 6) is 0. The maximum absolute atomic E-state index is 10.9. The van der Waals surface area contributed by atoms with Crippen molar-refractivity contribution in [1.29, 1.82) is 0 Å². The second kappa shape index (κ2) is 4.83. The van der Waals surface area contributed by atoms with Gasteiger partial charge in [-0.15, -0.1) is 0 Å². The number of nitrogens with zero attached hydrogens (tertiary/aromatic N) is 1. The Morgan fingerprint density at radius 1 is 1.42 bits per heavy atom. The molecule has 1 amide bonds. The molecule has 0 aromatic carbocycles. The van der Waals surface area contributed by atoms with Crippen LogP contribution in [0.15, 0.2) is 11.5 Å².